The van der Waals surface area contributed by atoms with Crippen molar-refractivity contribution in [3.63, 3.8) is 0 Å². The summed E-state index contributed by atoms with van der Waals surface area (Å²) < 4.78 is 6.64. The number of rotatable bonds is 12. The molecule has 3 aromatic carbocycles. The number of ether oxygens (including phenoxy) is 1. The van der Waals surface area contributed by atoms with Crippen LogP contribution in [0.4, 0.5) is 0 Å². The van der Waals surface area contributed by atoms with E-state index in [1.165, 1.54) is 0 Å². The molecule has 0 saturated heterocycles. The first-order valence-electron chi connectivity index (χ1n) is 11.1. The molecule has 0 spiro atoms. The summed E-state index contributed by atoms with van der Waals surface area (Å²) in [5.74, 6) is -0.0948. The lowest BCUT2D eigenvalue weighted by Gasteiger charge is -2.36. The van der Waals surface area contributed by atoms with Crippen molar-refractivity contribution in [2.75, 3.05) is 19.7 Å². The number of nitrogens with one attached hydrogen (secondary N) is 1. The van der Waals surface area contributed by atoms with E-state index in [2.05, 4.69) is 41.7 Å². The minimum atomic E-state index is -0.812. The van der Waals surface area contributed by atoms with Gasteiger partial charge in [0.05, 0.1) is 12.7 Å². The van der Waals surface area contributed by atoms with E-state index in [9.17, 15) is 9.90 Å². The predicted octanol–water partition coefficient (Wildman–Crippen LogP) is 3.60. The first-order chi connectivity index (χ1) is 15.7. The maximum Gasteiger partial charge on any atom is 0.220 e. The molecule has 3 rings (SSSR count). The third-order valence-electron chi connectivity index (χ3n) is 5.45. The second-order valence-corrected chi connectivity index (χ2v) is 7.77. The van der Waals surface area contributed by atoms with Gasteiger partial charge in [-0.25, -0.2) is 0 Å². The molecule has 0 aliphatic rings. The predicted molar refractivity (Wildman–Crippen MR) is 127 cm³/mol. The molecule has 32 heavy (non-hydrogen) atoms. The summed E-state index contributed by atoms with van der Waals surface area (Å²) in [6.45, 7) is 0.991. The maximum absolute atomic E-state index is 11.8. The molecule has 4 N–H and O–H groups in total. The van der Waals surface area contributed by atoms with Gasteiger partial charge in [-0.1, -0.05) is 91.0 Å². The Bertz CT molecular complexity index is 836. The van der Waals surface area contributed by atoms with Crippen molar-refractivity contribution in [1.29, 1.82) is 0 Å². The highest BCUT2D eigenvalue weighted by Gasteiger charge is 2.37. The highest BCUT2D eigenvalue weighted by molar-refractivity contribution is 5.75. The van der Waals surface area contributed by atoms with Crippen LogP contribution in [0.3, 0.4) is 0 Å². The molecule has 1 atom stereocenters. The number of nitrogens with two attached hydrogens (primary N) is 1. The molecule has 3 aromatic rings. The van der Waals surface area contributed by atoms with Gasteiger partial charge in [0.15, 0.2) is 0 Å². The molecule has 1 amide bonds. The fourth-order valence-electron chi connectivity index (χ4n) is 3.80. The second kappa shape index (κ2) is 12.2. The molecule has 1 unspecified atom stereocenters. The van der Waals surface area contributed by atoms with E-state index in [1.54, 1.807) is 0 Å². The zero-order valence-electron chi connectivity index (χ0n) is 18.3. The van der Waals surface area contributed by atoms with E-state index in [-0.39, 0.29) is 12.5 Å². The average molecular weight is 433 g/mol. The molecule has 0 bridgehead atoms. The largest absolute Gasteiger partial charge is 0.391 e. The zero-order valence-corrected chi connectivity index (χ0v) is 18.3. The van der Waals surface area contributed by atoms with Crippen LogP contribution in [0.1, 0.15) is 36.0 Å². The first-order valence-corrected chi connectivity index (χ1v) is 11.1. The van der Waals surface area contributed by atoms with Gasteiger partial charge in [0.25, 0.3) is 0 Å². The Morgan fingerprint density at radius 1 is 0.875 bits per heavy atom. The Balaban J connectivity index is 1.80. The summed E-state index contributed by atoms with van der Waals surface area (Å²) >= 11 is 0. The van der Waals surface area contributed by atoms with Crippen LogP contribution in [0, 0.1) is 0 Å². The Morgan fingerprint density at radius 3 is 1.78 bits per heavy atom. The van der Waals surface area contributed by atoms with E-state index >= 15 is 0 Å². The van der Waals surface area contributed by atoms with Crippen molar-refractivity contribution in [2.24, 2.45) is 5.73 Å². The topological polar surface area (TPSA) is 84.6 Å². The van der Waals surface area contributed by atoms with Crippen LogP contribution in [0.5, 0.6) is 0 Å². The lowest BCUT2D eigenvalue weighted by atomic mass is 9.80. The number of aliphatic hydroxyl groups excluding tert-OH is 1. The molecule has 0 aliphatic carbocycles. The van der Waals surface area contributed by atoms with Crippen molar-refractivity contribution in [3.8, 4) is 0 Å². The molecule has 5 nitrogen and oxygen atoms in total. The number of benzene rings is 3. The number of hydrogen-bond donors (Lipinski definition) is 3. The van der Waals surface area contributed by atoms with Crippen LogP contribution in [-0.2, 0) is 15.1 Å². The minimum absolute atomic E-state index is 0.0948. The molecule has 5 heteroatoms. The first kappa shape index (κ1) is 23.7. The van der Waals surface area contributed by atoms with E-state index in [4.69, 9.17) is 10.5 Å². The molecule has 0 aromatic heterocycles. The summed E-state index contributed by atoms with van der Waals surface area (Å²) in [6, 6.07) is 30.4. The van der Waals surface area contributed by atoms with Gasteiger partial charge in [0.2, 0.25) is 5.91 Å². The third kappa shape index (κ3) is 6.04. The zero-order chi connectivity index (χ0) is 22.7. The fourth-order valence-corrected chi connectivity index (χ4v) is 3.80. The number of aliphatic hydroxyl groups is 1. The summed E-state index contributed by atoms with van der Waals surface area (Å²) in [5, 5.41) is 13.2. The van der Waals surface area contributed by atoms with Crippen molar-refractivity contribution in [2.45, 2.75) is 31.0 Å². The molecular weight excluding hydrogens is 400 g/mol. The summed E-state index contributed by atoms with van der Waals surface area (Å²) in [7, 11) is 0. The number of carbonyl (C=O) groups is 1. The molecule has 0 aliphatic heterocycles. The number of carbonyl (C=O) groups excluding carboxylic acids is 1. The highest BCUT2D eigenvalue weighted by atomic mass is 16.5. The number of hydrogen-bond acceptors (Lipinski definition) is 4. The number of amides is 1. The van der Waals surface area contributed by atoms with Crippen molar-refractivity contribution in [3.05, 3.63) is 108 Å². The van der Waals surface area contributed by atoms with Crippen LogP contribution in [0.25, 0.3) is 0 Å². The minimum Gasteiger partial charge on any atom is -0.391 e. The molecule has 0 fully saturated rings. The smallest absolute Gasteiger partial charge is 0.220 e. The Morgan fingerprint density at radius 2 is 1.34 bits per heavy atom. The Kier molecular flexibility index (Phi) is 8.99. The van der Waals surface area contributed by atoms with Crippen LogP contribution in [0.2, 0.25) is 0 Å². The van der Waals surface area contributed by atoms with Gasteiger partial charge in [-0.15, -0.1) is 0 Å². The molecule has 0 saturated carbocycles. The van der Waals surface area contributed by atoms with E-state index < -0.39 is 11.7 Å². The van der Waals surface area contributed by atoms with E-state index in [0.717, 1.165) is 16.7 Å². The van der Waals surface area contributed by atoms with Crippen LogP contribution in [0.15, 0.2) is 91.0 Å². The fraction of sp³-hybridized carbons (Fsp3) is 0.296. The van der Waals surface area contributed by atoms with Gasteiger partial charge in [-0.3, -0.25) is 4.79 Å². The van der Waals surface area contributed by atoms with Crippen molar-refractivity contribution in [1.82, 2.24) is 5.32 Å². The molecule has 168 valence electrons. The van der Waals surface area contributed by atoms with Crippen LogP contribution < -0.4 is 11.1 Å². The van der Waals surface area contributed by atoms with E-state index in [0.29, 0.717) is 32.4 Å². The summed E-state index contributed by atoms with van der Waals surface area (Å²) in [4.78, 5) is 11.8. The van der Waals surface area contributed by atoms with Crippen LogP contribution >= 0.6 is 0 Å². The van der Waals surface area contributed by atoms with E-state index in [1.807, 2.05) is 54.6 Å². The monoisotopic (exact) mass is 432 g/mol. The van der Waals surface area contributed by atoms with Gasteiger partial charge >= 0.3 is 0 Å². The van der Waals surface area contributed by atoms with Crippen molar-refractivity contribution < 1.29 is 14.6 Å². The average Bonchev–Trinajstić information content (AvgIpc) is 2.86. The Labute approximate surface area is 190 Å². The van der Waals surface area contributed by atoms with Crippen molar-refractivity contribution >= 4 is 5.91 Å². The second-order valence-electron chi connectivity index (χ2n) is 7.77. The quantitative estimate of drug-likeness (QED) is 0.382. The Hall–Kier alpha value is -2.99. The lowest BCUT2D eigenvalue weighted by Crippen LogP contribution is -2.36. The van der Waals surface area contributed by atoms with Gasteiger partial charge in [-0.2, -0.15) is 0 Å². The summed E-state index contributed by atoms with van der Waals surface area (Å²) in [5.41, 5.74) is 7.67. The molecule has 0 radical (unpaired) electrons. The van der Waals surface area contributed by atoms with Gasteiger partial charge in [0.1, 0.15) is 5.60 Å². The molecular formula is C27H32N2O3. The SMILES string of the molecule is NCCCC(=O)NCC(O)CCOC(c1ccccc1)(c1ccccc1)c1ccccc1. The van der Waals surface area contributed by atoms with Crippen LogP contribution in [-0.4, -0.2) is 36.8 Å². The third-order valence-corrected chi connectivity index (χ3v) is 5.45. The normalized spacial score (nSPS) is 12.3. The van der Waals surface area contributed by atoms with Gasteiger partial charge in [0, 0.05) is 13.0 Å². The lowest BCUT2D eigenvalue weighted by molar-refractivity contribution is -0.121. The molecule has 0 heterocycles. The standard InChI is InChI=1S/C27H32N2O3/c28-19-10-17-26(31)29-21-25(30)18-20-32-27(22-11-4-1-5-12-22,23-13-6-2-7-14-23)24-15-8-3-9-16-24/h1-9,11-16,25,30H,10,17-21,28H2,(H,29,31). The maximum atomic E-state index is 11.8. The van der Waals surface area contributed by atoms with Gasteiger partial charge < -0.3 is 20.9 Å². The van der Waals surface area contributed by atoms with Gasteiger partial charge in [-0.05, 0) is 36.1 Å². The highest BCUT2D eigenvalue weighted by Crippen LogP contribution is 2.40. The summed E-state index contributed by atoms with van der Waals surface area (Å²) in [6.07, 6.45) is 0.708.